The molecule has 0 N–H and O–H groups in total. The molecule has 0 bridgehead atoms. The minimum atomic E-state index is -3.75. The normalized spacial score (nSPS) is 16.5. The van der Waals surface area contributed by atoms with Crippen molar-refractivity contribution >= 4 is 37.6 Å². The number of aryl methyl sites for hydroxylation is 1. The van der Waals surface area contributed by atoms with E-state index < -0.39 is 10.0 Å². The monoisotopic (exact) mass is 499 g/mol. The van der Waals surface area contributed by atoms with Crippen LogP contribution in [-0.2, 0) is 10.0 Å². The van der Waals surface area contributed by atoms with Gasteiger partial charge >= 0.3 is 0 Å². The quantitative estimate of drug-likeness (QED) is 0.259. The van der Waals surface area contributed by atoms with Gasteiger partial charge in [0.2, 0.25) is 0 Å². The fourth-order valence-corrected chi connectivity index (χ4v) is 7.41. The topological polar surface area (TPSA) is 37.4 Å². The molecule has 3 nitrogen and oxygen atoms in total. The van der Waals surface area contributed by atoms with Gasteiger partial charge in [-0.1, -0.05) is 90.5 Å². The lowest BCUT2D eigenvalue weighted by atomic mass is 9.85. The van der Waals surface area contributed by atoms with Gasteiger partial charge in [-0.15, -0.1) is 0 Å². The van der Waals surface area contributed by atoms with E-state index in [1.165, 1.54) is 33.0 Å². The van der Waals surface area contributed by atoms with Crippen molar-refractivity contribution in [2.45, 2.75) is 17.7 Å². The van der Waals surface area contributed by atoms with E-state index in [2.05, 4.69) is 66.7 Å². The molecule has 0 aromatic heterocycles. The number of nitrogens with zero attached hydrogens (tertiary/aromatic N) is 1. The number of rotatable bonds is 3. The van der Waals surface area contributed by atoms with Gasteiger partial charge in [0, 0.05) is 18.0 Å². The number of hydrogen-bond donors (Lipinski definition) is 0. The lowest BCUT2D eigenvalue weighted by Gasteiger charge is -2.36. The fourth-order valence-electron chi connectivity index (χ4n) is 5.91. The van der Waals surface area contributed by atoms with Gasteiger partial charge in [-0.05, 0) is 75.9 Å². The first-order chi connectivity index (χ1) is 18.0. The summed E-state index contributed by atoms with van der Waals surface area (Å²) in [6.07, 6.45) is 0. The van der Waals surface area contributed by atoms with Gasteiger partial charge in [0.25, 0.3) is 10.0 Å². The molecule has 7 rings (SSSR count). The molecule has 1 atom stereocenters. The summed E-state index contributed by atoms with van der Waals surface area (Å²) in [6, 6.07) is 38.5. The van der Waals surface area contributed by atoms with Crippen LogP contribution in [-0.4, -0.2) is 15.0 Å². The molecule has 37 heavy (non-hydrogen) atoms. The zero-order valence-electron chi connectivity index (χ0n) is 20.4. The maximum absolute atomic E-state index is 14.0. The van der Waals surface area contributed by atoms with E-state index in [1.807, 2.05) is 43.3 Å². The van der Waals surface area contributed by atoms with Gasteiger partial charge in [-0.3, -0.25) is 4.31 Å². The highest BCUT2D eigenvalue weighted by Crippen LogP contribution is 2.55. The third kappa shape index (κ3) is 3.36. The average Bonchev–Trinajstić information content (AvgIpc) is 3.25. The average molecular weight is 500 g/mol. The van der Waals surface area contributed by atoms with Crippen LogP contribution in [0.4, 0.5) is 5.69 Å². The highest BCUT2D eigenvalue weighted by molar-refractivity contribution is 7.92. The Labute approximate surface area is 217 Å². The Morgan fingerprint density at radius 1 is 0.703 bits per heavy atom. The first-order valence-electron chi connectivity index (χ1n) is 12.5. The summed E-state index contributed by atoms with van der Waals surface area (Å²) < 4.78 is 29.7. The highest BCUT2D eigenvalue weighted by Gasteiger charge is 2.42. The zero-order chi connectivity index (χ0) is 25.1. The molecular formula is C33H25NO2S. The smallest absolute Gasteiger partial charge is 0.264 e. The fraction of sp³-hybridized carbons (Fsp3) is 0.0909. The third-order valence-corrected chi connectivity index (χ3v) is 9.46. The van der Waals surface area contributed by atoms with E-state index in [-0.39, 0.29) is 5.92 Å². The molecule has 2 aliphatic rings. The molecule has 0 radical (unpaired) electrons. The Morgan fingerprint density at radius 2 is 1.35 bits per heavy atom. The van der Waals surface area contributed by atoms with Gasteiger partial charge in [-0.25, -0.2) is 8.42 Å². The minimum Gasteiger partial charge on any atom is -0.265 e. The second kappa shape index (κ2) is 8.19. The molecule has 5 aromatic rings. The van der Waals surface area contributed by atoms with E-state index in [1.54, 1.807) is 16.4 Å². The predicted molar refractivity (Wildman–Crippen MR) is 151 cm³/mol. The van der Waals surface area contributed by atoms with Gasteiger partial charge in [0.1, 0.15) is 0 Å². The molecular weight excluding hydrogens is 474 g/mol. The van der Waals surface area contributed by atoms with Crippen molar-refractivity contribution in [3.05, 3.63) is 143 Å². The summed E-state index contributed by atoms with van der Waals surface area (Å²) in [4.78, 5) is 0.320. The Bertz CT molecular complexity index is 1820. The maximum Gasteiger partial charge on any atom is 0.264 e. The third-order valence-electron chi connectivity index (χ3n) is 7.66. The van der Waals surface area contributed by atoms with Crippen LogP contribution in [0.3, 0.4) is 0 Å². The summed E-state index contributed by atoms with van der Waals surface area (Å²) in [5.41, 5.74) is 8.69. The summed E-state index contributed by atoms with van der Waals surface area (Å²) >= 11 is 0. The van der Waals surface area contributed by atoms with Crippen LogP contribution in [0, 0.1) is 6.92 Å². The van der Waals surface area contributed by atoms with Crippen molar-refractivity contribution in [1.29, 1.82) is 0 Å². The highest BCUT2D eigenvalue weighted by atomic mass is 32.2. The predicted octanol–water partition coefficient (Wildman–Crippen LogP) is 7.41. The molecule has 1 heterocycles. The summed E-state index contributed by atoms with van der Waals surface area (Å²) in [7, 11) is -3.75. The van der Waals surface area contributed by atoms with Crippen LogP contribution in [0.2, 0.25) is 0 Å². The Kier molecular flexibility index (Phi) is 4.89. The zero-order valence-corrected chi connectivity index (χ0v) is 21.2. The second-order valence-electron chi connectivity index (χ2n) is 9.86. The number of benzene rings is 5. The van der Waals surface area contributed by atoms with Crippen LogP contribution in [0.5, 0.6) is 0 Å². The lowest BCUT2D eigenvalue weighted by molar-refractivity contribution is 0.588. The van der Waals surface area contributed by atoms with Crippen molar-refractivity contribution in [2.75, 3.05) is 10.8 Å². The molecule has 0 saturated heterocycles. The van der Waals surface area contributed by atoms with Crippen molar-refractivity contribution in [3.8, 4) is 0 Å². The molecule has 5 aromatic carbocycles. The molecule has 1 aliphatic carbocycles. The number of hydrogen-bond acceptors (Lipinski definition) is 2. The van der Waals surface area contributed by atoms with Crippen molar-refractivity contribution in [3.63, 3.8) is 0 Å². The molecule has 0 saturated carbocycles. The standard InChI is InChI=1S/C33H25NO2S/c1-22-15-17-26(18-16-22)37(35,36)34-21-30-28-19-24-11-5-6-12-25(24)20-29(28)32(23-9-3-2-4-10-23)33(30)27-13-7-8-14-31(27)34/h2-20,30H,21H2,1H3. The number of anilines is 1. The summed E-state index contributed by atoms with van der Waals surface area (Å²) in [5.74, 6) is -0.0649. The van der Waals surface area contributed by atoms with E-state index in [9.17, 15) is 8.42 Å². The van der Waals surface area contributed by atoms with Gasteiger partial charge in [0.05, 0.1) is 10.6 Å². The summed E-state index contributed by atoms with van der Waals surface area (Å²) in [6.45, 7) is 2.33. The minimum absolute atomic E-state index is 0.0649. The van der Waals surface area contributed by atoms with E-state index >= 15 is 0 Å². The molecule has 180 valence electrons. The van der Waals surface area contributed by atoms with Crippen molar-refractivity contribution in [2.24, 2.45) is 0 Å². The van der Waals surface area contributed by atoms with Crippen LogP contribution >= 0.6 is 0 Å². The van der Waals surface area contributed by atoms with Crippen LogP contribution in [0.1, 0.15) is 33.7 Å². The number of fused-ring (bicyclic) bond motifs is 6. The van der Waals surface area contributed by atoms with E-state index in [0.29, 0.717) is 11.4 Å². The molecule has 0 amide bonds. The van der Waals surface area contributed by atoms with Crippen LogP contribution < -0.4 is 4.31 Å². The SMILES string of the molecule is Cc1ccc(S(=O)(=O)N2CC3C(=C(c4ccccc4)c4cc5ccccc5cc43)c3ccccc32)cc1. The van der Waals surface area contributed by atoms with Gasteiger partial charge in [0.15, 0.2) is 0 Å². The van der Waals surface area contributed by atoms with Crippen molar-refractivity contribution in [1.82, 2.24) is 0 Å². The molecule has 0 spiro atoms. The number of sulfonamides is 1. The first-order valence-corrected chi connectivity index (χ1v) is 14.0. The van der Waals surface area contributed by atoms with E-state index in [4.69, 9.17) is 0 Å². The molecule has 1 aliphatic heterocycles. The first kappa shape index (κ1) is 22.1. The van der Waals surface area contributed by atoms with Gasteiger partial charge < -0.3 is 0 Å². The molecule has 4 heteroatoms. The Morgan fingerprint density at radius 3 is 2.11 bits per heavy atom. The Balaban J connectivity index is 1.51. The second-order valence-corrected chi connectivity index (χ2v) is 11.7. The van der Waals surface area contributed by atoms with Crippen LogP contribution in [0.25, 0.3) is 21.9 Å². The van der Waals surface area contributed by atoms with Crippen molar-refractivity contribution < 1.29 is 8.42 Å². The lowest BCUT2D eigenvalue weighted by Crippen LogP contribution is -2.38. The number of para-hydroxylation sites is 1. The Hall–Kier alpha value is -4.15. The van der Waals surface area contributed by atoms with E-state index in [0.717, 1.165) is 22.4 Å². The molecule has 0 fully saturated rings. The maximum atomic E-state index is 14.0. The largest absolute Gasteiger partial charge is 0.265 e. The van der Waals surface area contributed by atoms with Crippen LogP contribution in [0.15, 0.2) is 120 Å². The van der Waals surface area contributed by atoms with Gasteiger partial charge in [-0.2, -0.15) is 0 Å². The summed E-state index contributed by atoms with van der Waals surface area (Å²) in [5, 5.41) is 2.35. The molecule has 1 unspecified atom stereocenters.